The van der Waals surface area contributed by atoms with E-state index in [2.05, 4.69) is 22.5 Å². The highest BCUT2D eigenvalue weighted by Gasteiger charge is 2.35. The second kappa shape index (κ2) is 7.77. The lowest BCUT2D eigenvalue weighted by Crippen LogP contribution is -2.51. The third-order valence-electron chi connectivity index (χ3n) is 3.88. The summed E-state index contributed by atoms with van der Waals surface area (Å²) in [6, 6.07) is -0.619. The van der Waals surface area contributed by atoms with E-state index >= 15 is 0 Å². The first-order valence-corrected chi connectivity index (χ1v) is 9.06. The number of aryl methyl sites for hydroxylation is 1. The molecule has 1 aromatic heterocycles. The molecule has 1 aromatic rings. The van der Waals surface area contributed by atoms with E-state index in [0.29, 0.717) is 13.0 Å². The van der Waals surface area contributed by atoms with Gasteiger partial charge in [0.1, 0.15) is 11.0 Å². The zero-order valence-corrected chi connectivity index (χ0v) is 15.1. The van der Waals surface area contributed by atoms with E-state index < -0.39 is 0 Å². The van der Waals surface area contributed by atoms with Crippen molar-refractivity contribution in [3.63, 3.8) is 0 Å². The number of nitrogens with zero attached hydrogens (tertiary/aromatic N) is 2. The maximum absolute atomic E-state index is 12.6. The number of nitrogens with one attached hydrogen (secondary N) is 2. The quantitative estimate of drug-likeness (QED) is 0.866. The van der Waals surface area contributed by atoms with Crippen molar-refractivity contribution in [3.05, 3.63) is 16.1 Å². The third-order valence-corrected chi connectivity index (χ3v) is 5.20. The van der Waals surface area contributed by atoms with Crippen molar-refractivity contribution in [1.29, 1.82) is 0 Å². The average Bonchev–Trinajstić information content (AvgIpc) is 3.15. The Morgan fingerprint density at radius 3 is 2.74 bits per heavy atom. The first kappa shape index (κ1) is 17.7. The van der Waals surface area contributed by atoms with Gasteiger partial charge < -0.3 is 15.5 Å². The van der Waals surface area contributed by atoms with Crippen LogP contribution in [0, 0.1) is 0 Å². The first-order chi connectivity index (χ1) is 10.9. The number of rotatable bonds is 5. The van der Waals surface area contributed by atoms with Gasteiger partial charge in [0, 0.05) is 23.7 Å². The van der Waals surface area contributed by atoms with Crippen molar-refractivity contribution < 1.29 is 9.59 Å². The number of carbonyl (C=O) groups excluding carboxylic acids is 2. The Hall–Kier alpha value is -1.63. The maximum Gasteiger partial charge on any atom is 0.318 e. The van der Waals surface area contributed by atoms with Gasteiger partial charge in [-0.25, -0.2) is 9.78 Å². The molecule has 6 nitrogen and oxygen atoms in total. The summed E-state index contributed by atoms with van der Waals surface area (Å²) in [7, 11) is 0. The van der Waals surface area contributed by atoms with Crippen LogP contribution in [0.4, 0.5) is 4.79 Å². The van der Waals surface area contributed by atoms with Crippen LogP contribution in [0.25, 0.3) is 0 Å². The Morgan fingerprint density at radius 1 is 1.39 bits per heavy atom. The lowest BCUT2D eigenvalue weighted by molar-refractivity contribution is -0.125. The van der Waals surface area contributed by atoms with Crippen LogP contribution >= 0.6 is 11.3 Å². The molecule has 2 atom stereocenters. The number of amides is 3. The molecule has 23 heavy (non-hydrogen) atoms. The predicted octanol–water partition coefficient (Wildman–Crippen LogP) is 2.47. The highest BCUT2D eigenvalue weighted by atomic mass is 32.1. The second-order valence-corrected chi connectivity index (χ2v) is 7.35. The fourth-order valence-corrected chi connectivity index (χ4v) is 3.53. The molecule has 0 radical (unpaired) electrons. The van der Waals surface area contributed by atoms with E-state index in [0.717, 1.165) is 17.8 Å². The molecule has 1 saturated heterocycles. The third kappa shape index (κ3) is 4.43. The van der Waals surface area contributed by atoms with Crippen molar-refractivity contribution >= 4 is 23.3 Å². The van der Waals surface area contributed by atoms with Crippen molar-refractivity contribution in [1.82, 2.24) is 20.5 Å². The predicted molar refractivity (Wildman–Crippen MR) is 91.4 cm³/mol. The van der Waals surface area contributed by atoms with Crippen molar-refractivity contribution in [2.24, 2.45) is 0 Å². The van der Waals surface area contributed by atoms with Gasteiger partial charge >= 0.3 is 6.03 Å². The lowest BCUT2D eigenvalue weighted by atomic mass is 10.2. The molecule has 0 aliphatic carbocycles. The number of likely N-dealkylation sites (tertiary alicyclic amines) is 1. The number of thiazole rings is 1. The van der Waals surface area contributed by atoms with Crippen LogP contribution in [-0.4, -0.2) is 40.5 Å². The van der Waals surface area contributed by atoms with Crippen LogP contribution in [0.15, 0.2) is 6.20 Å². The molecule has 1 aliphatic heterocycles. The van der Waals surface area contributed by atoms with E-state index in [1.54, 1.807) is 16.2 Å². The fraction of sp³-hybridized carbons (Fsp3) is 0.688. The molecule has 1 aliphatic rings. The molecule has 2 heterocycles. The molecule has 2 rings (SSSR count). The molecular weight excluding hydrogens is 312 g/mol. The Bertz CT molecular complexity index is 558. The van der Waals surface area contributed by atoms with E-state index in [9.17, 15) is 9.59 Å². The van der Waals surface area contributed by atoms with Gasteiger partial charge in [0.15, 0.2) is 0 Å². The van der Waals surface area contributed by atoms with Gasteiger partial charge in [0.2, 0.25) is 5.91 Å². The highest BCUT2D eigenvalue weighted by Crippen LogP contribution is 2.22. The first-order valence-electron chi connectivity index (χ1n) is 8.24. The van der Waals surface area contributed by atoms with E-state index in [1.807, 2.05) is 27.0 Å². The SMILES string of the molecule is CCc1cnc(C(C)NC(=O)[C@@H]2CCCN2C(=O)NC(C)C)s1. The van der Waals surface area contributed by atoms with Crippen molar-refractivity contribution in [2.75, 3.05) is 6.54 Å². The van der Waals surface area contributed by atoms with Crippen LogP contribution in [0.3, 0.4) is 0 Å². The topological polar surface area (TPSA) is 74.3 Å². The molecule has 3 amide bonds. The molecule has 2 N–H and O–H groups in total. The molecule has 0 bridgehead atoms. The molecule has 0 spiro atoms. The highest BCUT2D eigenvalue weighted by molar-refractivity contribution is 7.11. The largest absolute Gasteiger partial charge is 0.345 e. The Balaban J connectivity index is 1.97. The molecule has 1 fully saturated rings. The van der Waals surface area contributed by atoms with E-state index in [1.165, 1.54) is 4.88 Å². The van der Waals surface area contributed by atoms with Crippen LogP contribution in [0.2, 0.25) is 0 Å². The smallest absolute Gasteiger partial charge is 0.318 e. The summed E-state index contributed by atoms with van der Waals surface area (Å²) in [5.41, 5.74) is 0. The van der Waals surface area contributed by atoms with Gasteiger partial charge in [0.25, 0.3) is 0 Å². The summed E-state index contributed by atoms with van der Waals surface area (Å²) in [5.74, 6) is -0.0952. The zero-order chi connectivity index (χ0) is 17.0. The van der Waals surface area contributed by atoms with Gasteiger partial charge in [-0.3, -0.25) is 4.79 Å². The number of urea groups is 1. The van der Waals surface area contributed by atoms with Crippen LogP contribution < -0.4 is 10.6 Å². The molecular formula is C16H26N4O2S. The summed E-state index contributed by atoms with van der Waals surface area (Å²) in [4.78, 5) is 32.0. The van der Waals surface area contributed by atoms with Gasteiger partial charge in [-0.05, 0) is 40.0 Å². The van der Waals surface area contributed by atoms with Gasteiger partial charge in [-0.2, -0.15) is 0 Å². The Labute approximate surface area is 141 Å². The molecule has 1 unspecified atom stereocenters. The van der Waals surface area contributed by atoms with Gasteiger partial charge in [0.05, 0.1) is 6.04 Å². The Kier molecular flexibility index (Phi) is 5.98. The number of aromatic nitrogens is 1. The second-order valence-electron chi connectivity index (χ2n) is 6.20. The average molecular weight is 338 g/mol. The van der Waals surface area contributed by atoms with Crippen LogP contribution in [-0.2, 0) is 11.2 Å². The fourth-order valence-electron chi connectivity index (χ4n) is 2.67. The number of carbonyl (C=O) groups is 2. The molecule has 128 valence electrons. The summed E-state index contributed by atoms with van der Waals surface area (Å²) in [6.07, 6.45) is 4.38. The zero-order valence-electron chi connectivity index (χ0n) is 14.3. The lowest BCUT2D eigenvalue weighted by Gasteiger charge is -2.26. The van der Waals surface area contributed by atoms with Crippen molar-refractivity contribution in [3.8, 4) is 0 Å². The minimum absolute atomic E-state index is 0.0634. The Morgan fingerprint density at radius 2 is 2.13 bits per heavy atom. The summed E-state index contributed by atoms with van der Waals surface area (Å²) < 4.78 is 0. The van der Waals surface area contributed by atoms with Crippen molar-refractivity contribution in [2.45, 2.75) is 65.1 Å². The summed E-state index contributed by atoms with van der Waals surface area (Å²) in [5, 5.41) is 6.77. The van der Waals surface area contributed by atoms with Gasteiger partial charge in [-0.15, -0.1) is 11.3 Å². The maximum atomic E-state index is 12.6. The number of hydrogen-bond donors (Lipinski definition) is 2. The standard InChI is InChI=1S/C16H26N4O2S/c1-5-12-9-17-15(23-12)11(4)19-14(21)13-7-6-8-20(13)16(22)18-10(2)3/h9-11,13H,5-8H2,1-4H3,(H,18,22)(H,19,21)/t11?,13-/m0/s1. The number of hydrogen-bond acceptors (Lipinski definition) is 4. The normalized spacial score (nSPS) is 19.0. The van der Waals surface area contributed by atoms with Crippen LogP contribution in [0.5, 0.6) is 0 Å². The minimum Gasteiger partial charge on any atom is -0.345 e. The van der Waals surface area contributed by atoms with E-state index in [-0.39, 0.29) is 30.1 Å². The summed E-state index contributed by atoms with van der Waals surface area (Å²) in [6.45, 7) is 8.48. The monoisotopic (exact) mass is 338 g/mol. The van der Waals surface area contributed by atoms with Crippen LogP contribution in [0.1, 0.15) is 56.5 Å². The van der Waals surface area contributed by atoms with E-state index in [4.69, 9.17) is 0 Å². The molecule has 0 saturated carbocycles. The van der Waals surface area contributed by atoms with Gasteiger partial charge in [-0.1, -0.05) is 6.92 Å². The molecule has 7 heteroatoms. The summed E-state index contributed by atoms with van der Waals surface area (Å²) >= 11 is 1.62. The minimum atomic E-state index is -0.387. The molecule has 0 aromatic carbocycles.